The second kappa shape index (κ2) is 9.37. The molecule has 1 heterocycles. The molecular weight excluding hydrogens is 496 g/mol. The third kappa shape index (κ3) is 4.49. The molecule has 0 N–H and O–H groups in total. The monoisotopic (exact) mass is 512 g/mol. The van der Waals surface area contributed by atoms with E-state index >= 15 is 0 Å². The van der Waals surface area contributed by atoms with Gasteiger partial charge in [0.15, 0.2) is 0 Å². The molecule has 0 bridgehead atoms. The molecule has 5 aromatic rings. The normalized spacial score (nSPS) is 10.7. The van der Waals surface area contributed by atoms with Gasteiger partial charge in [-0.3, -0.25) is 4.79 Å². The van der Waals surface area contributed by atoms with E-state index < -0.39 is 5.97 Å². The van der Waals surface area contributed by atoms with Gasteiger partial charge in [-0.05, 0) is 63.5 Å². The molecule has 0 amide bonds. The Morgan fingerprint density at radius 1 is 0.765 bits per heavy atom. The number of fused-ring (bicyclic) bond motifs is 1. The van der Waals surface area contributed by atoms with E-state index in [4.69, 9.17) is 13.9 Å². The van der Waals surface area contributed by atoms with Gasteiger partial charge in [0.2, 0.25) is 11.2 Å². The first-order valence-electron chi connectivity index (χ1n) is 10.4. The molecule has 0 unspecified atom stereocenters. The van der Waals surface area contributed by atoms with Crippen LogP contribution in [-0.4, -0.2) is 5.97 Å². The molecule has 1 aromatic heterocycles. The predicted octanol–water partition coefficient (Wildman–Crippen LogP) is 7.23. The van der Waals surface area contributed by atoms with Gasteiger partial charge in [-0.15, -0.1) is 0 Å². The maximum atomic E-state index is 12.8. The lowest BCUT2D eigenvalue weighted by molar-refractivity contribution is 0.0735. The third-order valence-corrected chi connectivity index (χ3v) is 5.86. The minimum atomic E-state index is -0.504. The Labute approximate surface area is 203 Å². The largest absolute Gasteiger partial charge is 0.460 e. The fourth-order valence-corrected chi connectivity index (χ4v) is 3.83. The van der Waals surface area contributed by atoms with Crippen molar-refractivity contribution >= 4 is 32.9 Å². The van der Waals surface area contributed by atoms with E-state index in [1.165, 1.54) is 12.3 Å². The lowest BCUT2D eigenvalue weighted by atomic mass is 10.0. The van der Waals surface area contributed by atoms with Gasteiger partial charge in [0.1, 0.15) is 23.3 Å². The van der Waals surface area contributed by atoms with Gasteiger partial charge >= 0.3 is 5.97 Å². The van der Waals surface area contributed by atoms with Gasteiger partial charge in [-0.25, -0.2) is 4.79 Å². The Balaban J connectivity index is 1.35. The van der Waals surface area contributed by atoms with E-state index in [1.807, 2.05) is 54.6 Å². The number of ether oxygens (including phenoxy) is 2. The Hall–Kier alpha value is -4.16. The van der Waals surface area contributed by atoms with Crippen molar-refractivity contribution in [3.8, 4) is 28.4 Å². The quantitative estimate of drug-likeness (QED) is 0.183. The highest BCUT2D eigenvalue weighted by Crippen LogP contribution is 2.29. The van der Waals surface area contributed by atoms with Crippen molar-refractivity contribution < 1.29 is 18.7 Å². The lowest BCUT2D eigenvalue weighted by Crippen LogP contribution is -2.09. The average molecular weight is 513 g/mol. The molecular formula is C28H17BrO5. The van der Waals surface area contributed by atoms with Crippen LogP contribution in [0.3, 0.4) is 0 Å². The average Bonchev–Trinajstić information content (AvgIpc) is 2.87. The summed E-state index contributed by atoms with van der Waals surface area (Å²) < 4.78 is 17.5. The number of hydrogen-bond acceptors (Lipinski definition) is 5. The fourth-order valence-electron chi connectivity index (χ4n) is 3.47. The van der Waals surface area contributed by atoms with Crippen LogP contribution in [0.15, 0.2) is 117 Å². The first-order valence-corrected chi connectivity index (χ1v) is 11.2. The summed E-state index contributed by atoms with van der Waals surface area (Å²) in [6.45, 7) is 0. The summed E-state index contributed by atoms with van der Waals surface area (Å²) >= 11 is 3.39. The molecule has 0 radical (unpaired) electrons. The first-order chi connectivity index (χ1) is 16.6. The van der Waals surface area contributed by atoms with Gasteiger partial charge in [0.05, 0.1) is 15.4 Å². The summed E-state index contributed by atoms with van der Waals surface area (Å²) in [4.78, 5) is 25.5. The second-order valence-corrected chi connectivity index (χ2v) is 8.31. The molecule has 0 atom stereocenters. The van der Waals surface area contributed by atoms with Gasteiger partial charge < -0.3 is 13.9 Å². The van der Waals surface area contributed by atoms with Crippen molar-refractivity contribution in [1.82, 2.24) is 0 Å². The van der Waals surface area contributed by atoms with Crippen LogP contribution in [0.25, 0.3) is 22.1 Å². The summed E-state index contributed by atoms with van der Waals surface area (Å²) in [6, 6.07) is 28.9. The highest BCUT2D eigenvalue weighted by Gasteiger charge is 2.14. The molecule has 5 nitrogen and oxygen atoms in total. The zero-order valence-corrected chi connectivity index (χ0v) is 19.3. The highest BCUT2D eigenvalue weighted by molar-refractivity contribution is 9.10. The number of para-hydroxylation sites is 1. The fraction of sp³-hybridized carbons (Fsp3) is 0. The minimum absolute atomic E-state index is 0.0580. The molecule has 0 aliphatic carbocycles. The Bertz CT molecular complexity index is 1540. The first kappa shape index (κ1) is 21.7. The van der Waals surface area contributed by atoms with Crippen LogP contribution in [0.5, 0.6) is 17.2 Å². The smallest absolute Gasteiger partial charge is 0.343 e. The van der Waals surface area contributed by atoms with E-state index in [2.05, 4.69) is 15.9 Å². The van der Waals surface area contributed by atoms with Crippen LogP contribution in [0.1, 0.15) is 10.4 Å². The molecule has 5 rings (SSSR count). The third-order valence-electron chi connectivity index (χ3n) is 5.21. The Morgan fingerprint density at radius 2 is 1.47 bits per heavy atom. The molecule has 0 fully saturated rings. The number of esters is 1. The molecule has 0 saturated heterocycles. The number of benzene rings is 4. The number of halogens is 1. The van der Waals surface area contributed by atoms with E-state index in [-0.39, 0.29) is 22.5 Å². The lowest BCUT2D eigenvalue weighted by Gasteiger charge is -2.08. The summed E-state index contributed by atoms with van der Waals surface area (Å²) in [5.41, 5.74) is 2.44. The van der Waals surface area contributed by atoms with Crippen LogP contribution in [0.4, 0.5) is 0 Å². The second-order valence-electron chi connectivity index (χ2n) is 7.45. The van der Waals surface area contributed by atoms with Crippen molar-refractivity contribution in [3.63, 3.8) is 0 Å². The molecule has 6 heteroatoms. The van der Waals surface area contributed by atoms with Crippen LogP contribution < -0.4 is 14.9 Å². The van der Waals surface area contributed by atoms with Crippen molar-refractivity contribution in [2.24, 2.45) is 0 Å². The van der Waals surface area contributed by atoms with E-state index in [0.717, 1.165) is 11.1 Å². The Morgan fingerprint density at radius 3 is 2.24 bits per heavy atom. The molecule has 0 saturated carbocycles. The number of hydrogen-bond donors (Lipinski definition) is 0. The highest BCUT2D eigenvalue weighted by atomic mass is 79.9. The SMILES string of the molecule is O=C(Oc1ccc2c(=O)c(Oc3ccccc3Br)coc2c1)c1ccc(-c2ccccc2)cc1. The van der Waals surface area contributed by atoms with Crippen molar-refractivity contribution in [2.45, 2.75) is 0 Å². The zero-order chi connectivity index (χ0) is 23.5. The van der Waals surface area contributed by atoms with Crippen molar-refractivity contribution in [1.29, 1.82) is 0 Å². The maximum absolute atomic E-state index is 12.8. The van der Waals surface area contributed by atoms with Crippen molar-refractivity contribution in [2.75, 3.05) is 0 Å². The molecule has 34 heavy (non-hydrogen) atoms. The van der Waals surface area contributed by atoms with E-state index in [1.54, 1.807) is 36.4 Å². The van der Waals surface area contributed by atoms with Gasteiger partial charge in [-0.1, -0.05) is 54.6 Å². The summed E-state index contributed by atoms with van der Waals surface area (Å²) in [7, 11) is 0. The molecule has 0 spiro atoms. The molecule has 0 aliphatic rings. The molecule has 0 aliphatic heterocycles. The van der Waals surface area contributed by atoms with E-state index in [0.29, 0.717) is 21.2 Å². The maximum Gasteiger partial charge on any atom is 0.343 e. The number of carbonyl (C=O) groups excluding carboxylic acids is 1. The number of carbonyl (C=O) groups is 1. The Kier molecular flexibility index (Phi) is 5.97. The van der Waals surface area contributed by atoms with Crippen LogP contribution >= 0.6 is 15.9 Å². The van der Waals surface area contributed by atoms with E-state index in [9.17, 15) is 9.59 Å². The predicted molar refractivity (Wildman–Crippen MR) is 134 cm³/mol. The summed E-state index contributed by atoms with van der Waals surface area (Å²) in [5, 5.41) is 0.316. The molecule has 166 valence electrons. The zero-order valence-electron chi connectivity index (χ0n) is 17.7. The molecule has 4 aromatic carbocycles. The summed E-state index contributed by atoms with van der Waals surface area (Å²) in [5.74, 6) is 0.322. The van der Waals surface area contributed by atoms with Gasteiger partial charge in [0, 0.05) is 6.07 Å². The topological polar surface area (TPSA) is 65.7 Å². The van der Waals surface area contributed by atoms with Crippen LogP contribution in [-0.2, 0) is 0 Å². The van der Waals surface area contributed by atoms with Gasteiger partial charge in [-0.2, -0.15) is 0 Å². The summed E-state index contributed by atoms with van der Waals surface area (Å²) in [6.07, 6.45) is 1.25. The van der Waals surface area contributed by atoms with Crippen molar-refractivity contribution in [3.05, 3.63) is 124 Å². The number of rotatable bonds is 5. The standard InChI is InChI=1S/C28H17BrO5/c29-23-8-4-5-9-24(23)34-26-17-32-25-16-21(14-15-22(25)27(26)30)33-28(31)20-12-10-19(11-13-20)18-6-2-1-3-7-18/h1-17H. The van der Waals surface area contributed by atoms with Gasteiger partial charge in [0.25, 0.3) is 0 Å². The minimum Gasteiger partial charge on any atom is -0.460 e. The van der Waals surface area contributed by atoms with Crippen LogP contribution in [0, 0.1) is 0 Å². The van der Waals surface area contributed by atoms with Crippen LogP contribution in [0.2, 0.25) is 0 Å².